The van der Waals surface area contributed by atoms with Crippen molar-refractivity contribution in [3.63, 3.8) is 0 Å². The summed E-state index contributed by atoms with van der Waals surface area (Å²) in [5, 5.41) is 2.48. The highest BCUT2D eigenvalue weighted by Gasteiger charge is 2.43. The Morgan fingerprint density at radius 2 is 1.83 bits per heavy atom. The summed E-state index contributed by atoms with van der Waals surface area (Å²) in [6.45, 7) is -0.00781. The van der Waals surface area contributed by atoms with Crippen molar-refractivity contribution in [3.05, 3.63) is 18.2 Å². The summed E-state index contributed by atoms with van der Waals surface area (Å²) in [7, 11) is 0. The molecule has 1 saturated heterocycles. The molecule has 1 aromatic rings. The van der Waals surface area contributed by atoms with E-state index in [0.717, 1.165) is 4.90 Å². The number of rotatable bonds is 4. The van der Waals surface area contributed by atoms with Gasteiger partial charge in [0.25, 0.3) is 0 Å². The van der Waals surface area contributed by atoms with Crippen LogP contribution < -0.4 is 14.8 Å². The Kier molecular flexibility index (Phi) is 3.63. The number of likely N-dealkylation sites (tertiary alicyclic amines) is 1. The molecule has 0 saturated carbocycles. The van der Waals surface area contributed by atoms with E-state index in [-0.39, 0.29) is 54.8 Å². The zero-order valence-corrected chi connectivity index (χ0v) is 11.8. The van der Waals surface area contributed by atoms with Gasteiger partial charge in [-0.1, -0.05) is 0 Å². The number of hydrogen-bond donors (Lipinski definition) is 1. The summed E-state index contributed by atoms with van der Waals surface area (Å²) in [6.07, 6.45) is -3.48. The second-order valence-electron chi connectivity index (χ2n) is 5.07. The molecule has 3 amide bonds. The minimum atomic E-state index is -3.72. The van der Waals surface area contributed by atoms with E-state index in [0.29, 0.717) is 0 Å². The summed E-state index contributed by atoms with van der Waals surface area (Å²) in [6, 6.07) is 3.84. The average Bonchev–Trinajstić information content (AvgIpc) is 2.94. The fourth-order valence-electron chi connectivity index (χ4n) is 2.34. The number of imide groups is 1. The van der Waals surface area contributed by atoms with E-state index in [2.05, 4.69) is 14.8 Å². The van der Waals surface area contributed by atoms with Gasteiger partial charge in [-0.05, 0) is 12.1 Å². The highest BCUT2D eigenvalue weighted by Crippen LogP contribution is 2.42. The zero-order chi connectivity index (χ0) is 16.6. The number of nitrogens with one attached hydrogen (secondary N) is 1. The lowest BCUT2D eigenvalue weighted by molar-refractivity contribution is -0.286. The van der Waals surface area contributed by atoms with Crippen LogP contribution in [-0.4, -0.2) is 35.5 Å². The molecule has 7 nitrogen and oxygen atoms in total. The molecule has 23 heavy (non-hydrogen) atoms. The number of halogens is 2. The van der Waals surface area contributed by atoms with Crippen LogP contribution >= 0.6 is 0 Å². The van der Waals surface area contributed by atoms with E-state index >= 15 is 0 Å². The molecule has 3 rings (SSSR count). The van der Waals surface area contributed by atoms with Crippen molar-refractivity contribution in [2.75, 3.05) is 11.9 Å². The van der Waals surface area contributed by atoms with Gasteiger partial charge in [-0.15, -0.1) is 8.78 Å². The van der Waals surface area contributed by atoms with Crippen LogP contribution in [0.2, 0.25) is 0 Å². The van der Waals surface area contributed by atoms with Crippen LogP contribution in [0.25, 0.3) is 0 Å². The van der Waals surface area contributed by atoms with E-state index < -0.39 is 12.2 Å². The molecule has 0 aromatic heterocycles. The number of ether oxygens (including phenoxy) is 2. The number of carbonyl (C=O) groups excluding carboxylic acids is 3. The van der Waals surface area contributed by atoms with Gasteiger partial charge < -0.3 is 14.8 Å². The summed E-state index contributed by atoms with van der Waals surface area (Å²) in [5.74, 6) is -1.36. The largest absolute Gasteiger partial charge is 0.586 e. The molecule has 0 bridgehead atoms. The third-order valence-corrected chi connectivity index (χ3v) is 3.40. The Morgan fingerprint density at radius 1 is 1.17 bits per heavy atom. The van der Waals surface area contributed by atoms with E-state index in [1.807, 2.05) is 0 Å². The van der Waals surface area contributed by atoms with Crippen LogP contribution in [0.1, 0.15) is 19.3 Å². The van der Waals surface area contributed by atoms with Crippen LogP contribution in [0.3, 0.4) is 0 Å². The average molecular weight is 326 g/mol. The fourth-order valence-corrected chi connectivity index (χ4v) is 2.34. The molecule has 1 N–H and O–H groups in total. The van der Waals surface area contributed by atoms with Crippen molar-refractivity contribution in [2.45, 2.75) is 25.6 Å². The molecule has 0 spiro atoms. The summed E-state index contributed by atoms with van der Waals surface area (Å²) >= 11 is 0. The van der Waals surface area contributed by atoms with E-state index in [1.54, 1.807) is 0 Å². The first-order valence-electron chi connectivity index (χ1n) is 6.87. The van der Waals surface area contributed by atoms with Gasteiger partial charge in [0.15, 0.2) is 11.5 Å². The molecule has 2 aliphatic rings. The van der Waals surface area contributed by atoms with Crippen LogP contribution in [0, 0.1) is 0 Å². The summed E-state index contributed by atoms with van der Waals surface area (Å²) in [5.41, 5.74) is 0.245. The Morgan fingerprint density at radius 3 is 2.52 bits per heavy atom. The van der Waals surface area contributed by atoms with Crippen molar-refractivity contribution >= 4 is 23.4 Å². The molecule has 0 unspecified atom stereocenters. The van der Waals surface area contributed by atoms with E-state index in [4.69, 9.17) is 0 Å². The first-order chi connectivity index (χ1) is 10.8. The van der Waals surface area contributed by atoms with Gasteiger partial charge in [-0.3, -0.25) is 19.3 Å². The monoisotopic (exact) mass is 326 g/mol. The number of nitrogens with zero attached hydrogens (tertiary/aromatic N) is 1. The third kappa shape index (κ3) is 3.22. The molecular formula is C14H12F2N2O5. The number of anilines is 1. The van der Waals surface area contributed by atoms with Crippen molar-refractivity contribution in [2.24, 2.45) is 0 Å². The number of amides is 3. The Bertz CT molecular complexity index is 676. The van der Waals surface area contributed by atoms with Crippen molar-refractivity contribution in [1.82, 2.24) is 4.90 Å². The van der Waals surface area contributed by atoms with Gasteiger partial charge in [0.1, 0.15) is 0 Å². The second-order valence-corrected chi connectivity index (χ2v) is 5.07. The third-order valence-electron chi connectivity index (χ3n) is 3.40. The van der Waals surface area contributed by atoms with Crippen LogP contribution in [0.5, 0.6) is 11.5 Å². The van der Waals surface area contributed by atoms with Gasteiger partial charge in [0.2, 0.25) is 17.7 Å². The second kappa shape index (κ2) is 5.49. The topological polar surface area (TPSA) is 84.9 Å². The van der Waals surface area contributed by atoms with Crippen LogP contribution in [-0.2, 0) is 14.4 Å². The van der Waals surface area contributed by atoms with E-state index in [1.165, 1.54) is 18.2 Å². The molecule has 122 valence electrons. The predicted molar refractivity (Wildman–Crippen MR) is 71.8 cm³/mol. The van der Waals surface area contributed by atoms with Crippen molar-refractivity contribution in [3.8, 4) is 11.5 Å². The predicted octanol–water partition coefficient (Wildman–Crippen LogP) is 1.49. The standard InChI is InChI=1S/C14H12F2N2O5/c15-14(16)22-9-2-1-8(7-10(9)23-14)17-11(19)5-6-18-12(20)3-4-13(18)21/h1-2,7H,3-6H2,(H,17,19). The maximum absolute atomic E-state index is 12.9. The van der Waals surface area contributed by atoms with Crippen molar-refractivity contribution in [1.29, 1.82) is 0 Å². The first kappa shape index (κ1) is 15.2. The molecule has 2 aliphatic heterocycles. The maximum atomic E-state index is 12.9. The minimum Gasteiger partial charge on any atom is -0.395 e. The minimum absolute atomic E-state index is 0.00781. The summed E-state index contributed by atoms with van der Waals surface area (Å²) in [4.78, 5) is 35.7. The number of fused-ring (bicyclic) bond motifs is 1. The lowest BCUT2D eigenvalue weighted by Gasteiger charge is -2.13. The zero-order valence-electron chi connectivity index (χ0n) is 11.8. The number of carbonyl (C=O) groups is 3. The van der Waals surface area contributed by atoms with Crippen molar-refractivity contribution < 1.29 is 32.6 Å². The Balaban J connectivity index is 1.57. The Labute approximate surface area is 129 Å². The Hall–Kier alpha value is -2.71. The molecule has 9 heteroatoms. The first-order valence-corrected chi connectivity index (χ1v) is 6.87. The lowest BCUT2D eigenvalue weighted by Crippen LogP contribution is -2.32. The number of hydrogen-bond acceptors (Lipinski definition) is 5. The normalized spacial score (nSPS) is 18.4. The van der Waals surface area contributed by atoms with Gasteiger partial charge in [-0.25, -0.2) is 0 Å². The number of benzene rings is 1. The maximum Gasteiger partial charge on any atom is 0.586 e. The van der Waals surface area contributed by atoms with Gasteiger partial charge in [0, 0.05) is 37.6 Å². The van der Waals surface area contributed by atoms with E-state index in [9.17, 15) is 23.2 Å². The smallest absolute Gasteiger partial charge is 0.395 e. The SMILES string of the molecule is O=C(CCN1C(=O)CCC1=O)Nc1ccc2c(c1)OC(F)(F)O2. The molecule has 1 fully saturated rings. The van der Waals surface area contributed by atoms with Crippen LogP contribution in [0.15, 0.2) is 18.2 Å². The quantitative estimate of drug-likeness (QED) is 0.847. The molecule has 1 aromatic carbocycles. The summed E-state index contributed by atoms with van der Waals surface area (Å²) < 4.78 is 34.3. The van der Waals surface area contributed by atoms with Crippen LogP contribution in [0.4, 0.5) is 14.5 Å². The lowest BCUT2D eigenvalue weighted by atomic mass is 10.2. The molecular weight excluding hydrogens is 314 g/mol. The highest BCUT2D eigenvalue weighted by atomic mass is 19.3. The molecule has 0 aliphatic carbocycles. The molecule has 0 atom stereocenters. The molecule has 0 radical (unpaired) electrons. The fraction of sp³-hybridized carbons (Fsp3) is 0.357. The molecule has 2 heterocycles. The van der Waals surface area contributed by atoms with Gasteiger partial charge in [-0.2, -0.15) is 0 Å². The van der Waals surface area contributed by atoms with Gasteiger partial charge >= 0.3 is 6.29 Å². The van der Waals surface area contributed by atoms with Gasteiger partial charge in [0.05, 0.1) is 0 Å². The number of alkyl halides is 2. The highest BCUT2D eigenvalue weighted by molar-refractivity contribution is 6.02.